The lowest BCUT2D eigenvalue weighted by Gasteiger charge is -2.45. The maximum Gasteiger partial charge on any atom is 0.145 e. The minimum atomic E-state index is 0.301. The first-order chi connectivity index (χ1) is 7.39. The van der Waals surface area contributed by atoms with Crippen molar-refractivity contribution >= 4 is 6.29 Å². The summed E-state index contributed by atoms with van der Waals surface area (Å²) in [6, 6.07) is 0. The molecule has 1 aliphatic rings. The lowest BCUT2D eigenvalue weighted by molar-refractivity contribution is -0.104. The van der Waals surface area contributed by atoms with Crippen LogP contribution < -0.4 is 0 Å². The summed E-state index contributed by atoms with van der Waals surface area (Å²) >= 11 is 0. The number of allylic oxidation sites excluding steroid dienone is 3. The van der Waals surface area contributed by atoms with E-state index in [9.17, 15) is 4.79 Å². The van der Waals surface area contributed by atoms with Gasteiger partial charge in [0.15, 0.2) is 0 Å². The molecule has 0 heterocycles. The van der Waals surface area contributed by atoms with Crippen LogP contribution in [0.15, 0.2) is 23.8 Å². The van der Waals surface area contributed by atoms with Gasteiger partial charge in [-0.2, -0.15) is 0 Å². The van der Waals surface area contributed by atoms with Crippen molar-refractivity contribution in [3.05, 3.63) is 23.8 Å². The van der Waals surface area contributed by atoms with Gasteiger partial charge >= 0.3 is 0 Å². The average Bonchev–Trinajstić information content (AvgIpc) is 2.23. The van der Waals surface area contributed by atoms with Gasteiger partial charge in [-0.15, -0.1) is 0 Å². The van der Waals surface area contributed by atoms with Gasteiger partial charge in [0, 0.05) is 0 Å². The zero-order chi connectivity index (χ0) is 12.3. The van der Waals surface area contributed by atoms with Crippen LogP contribution in [-0.4, -0.2) is 6.29 Å². The molecule has 2 atom stereocenters. The molecule has 0 aliphatic heterocycles. The van der Waals surface area contributed by atoms with Gasteiger partial charge < -0.3 is 0 Å². The van der Waals surface area contributed by atoms with Crippen LogP contribution in [0.5, 0.6) is 0 Å². The normalized spacial score (nSPS) is 30.2. The van der Waals surface area contributed by atoms with Gasteiger partial charge in [-0.05, 0) is 49.0 Å². The summed E-state index contributed by atoms with van der Waals surface area (Å²) in [4.78, 5) is 10.6. The Balaban J connectivity index is 2.82. The number of hydrogen-bond acceptors (Lipinski definition) is 1. The molecule has 1 rings (SSSR count). The summed E-state index contributed by atoms with van der Waals surface area (Å²) in [6.45, 7) is 13.1. The molecule has 1 fully saturated rings. The largest absolute Gasteiger partial charge is 0.298 e. The van der Waals surface area contributed by atoms with Crippen molar-refractivity contribution in [2.45, 2.75) is 47.0 Å². The molecule has 0 aromatic carbocycles. The molecular weight excluding hydrogens is 196 g/mol. The molecule has 0 bridgehead atoms. The van der Waals surface area contributed by atoms with Crippen molar-refractivity contribution in [2.24, 2.45) is 17.3 Å². The van der Waals surface area contributed by atoms with Gasteiger partial charge in [0.1, 0.15) is 6.29 Å². The Morgan fingerprint density at radius 2 is 2.19 bits per heavy atom. The standard InChI is InChI=1S/C15H24O/c1-11(10-16)6-9-14-12(2)7-8-13(3)15(14,4)5/h6,10,13-14H,2,7-9H2,1,3-5H3/b11-6+/t13-,14+/m0/s1. The molecule has 90 valence electrons. The van der Waals surface area contributed by atoms with Crippen molar-refractivity contribution in [1.29, 1.82) is 0 Å². The van der Waals surface area contributed by atoms with Crippen molar-refractivity contribution in [3.8, 4) is 0 Å². The molecule has 0 aromatic rings. The molecule has 0 radical (unpaired) electrons. The van der Waals surface area contributed by atoms with E-state index in [1.54, 1.807) is 0 Å². The number of rotatable bonds is 3. The smallest absolute Gasteiger partial charge is 0.145 e. The highest BCUT2D eigenvalue weighted by atomic mass is 16.1. The first-order valence-corrected chi connectivity index (χ1v) is 6.19. The molecule has 1 aliphatic carbocycles. The Morgan fingerprint density at radius 3 is 2.75 bits per heavy atom. The maximum absolute atomic E-state index is 10.6. The van der Waals surface area contributed by atoms with Crippen LogP contribution in [0, 0.1) is 17.3 Å². The Morgan fingerprint density at radius 1 is 1.56 bits per heavy atom. The van der Waals surface area contributed by atoms with E-state index in [1.165, 1.54) is 12.0 Å². The summed E-state index contributed by atoms with van der Waals surface area (Å²) in [7, 11) is 0. The first-order valence-electron chi connectivity index (χ1n) is 6.19. The Bertz CT molecular complexity index is 309. The van der Waals surface area contributed by atoms with Crippen LogP contribution >= 0.6 is 0 Å². The molecule has 1 saturated carbocycles. The highest BCUT2D eigenvalue weighted by Crippen LogP contribution is 2.48. The molecule has 16 heavy (non-hydrogen) atoms. The molecule has 0 N–H and O–H groups in total. The van der Waals surface area contributed by atoms with E-state index in [0.29, 0.717) is 11.3 Å². The molecule has 1 nitrogen and oxygen atoms in total. The van der Waals surface area contributed by atoms with Gasteiger partial charge in [0.05, 0.1) is 0 Å². The molecule has 0 unspecified atom stereocenters. The van der Waals surface area contributed by atoms with Crippen LogP contribution in [0.25, 0.3) is 0 Å². The lowest BCUT2D eigenvalue weighted by Crippen LogP contribution is -2.35. The van der Waals surface area contributed by atoms with Gasteiger partial charge in [-0.25, -0.2) is 0 Å². The van der Waals surface area contributed by atoms with E-state index >= 15 is 0 Å². The van der Waals surface area contributed by atoms with Crippen LogP contribution in [0.3, 0.4) is 0 Å². The lowest BCUT2D eigenvalue weighted by atomic mass is 9.60. The van der Waals surface area contributed by atoms with Crippen molar-refractivity contribution in [2.75, 3.05) is 0 Å². The molecule has 0 saturated heterocycles. The van der Waals surface area contributed by atoms with E-state index in [-0.39, 0.29) is 0 Å². The number of aldehydes is 1. The predicted molar refractivity (Wildman–Crippen MR) is 69.2 cm³/mol. The SMILES string of the molecule is C=C1CC[C@H](C)C(C)(C)[C@@H]1C/C=C(\C)C=O. The van der Waals surface area contributed by atoms with Crippen LogP contribution in [0.2, 0.25) is 0 Å². The molecular formula is C15H24O. The van der Waals surface area contributed by atoms with E-state index in [4.69, 9.17) is 0 Å². The van der Waals surface area contributed by atoms with Crippen LogP contribution in [0.4, 0.5) is 0 Å². The highest BCUT2D eigenvalue weighted by molar-refractivity contribution is 5.71. The third-order valence-corrected chi connectivity index (χ3v) is 4.42. The third-order valence-electron chi connectivity index (χ3n) is 4.42. The Labute approximate surface area is 99.6 Å². The second kappa shape index (κ2) is 4.99. The minimum Gasteiger partial charge on any atom is -0.298 e. The van der Waals surface area contributed by atoms with Gasteiger partial charge in [0.25, 0.3) is 0 Å². The second-order valence-corrected chi connectivity index (χ2v) is 5.77. The molecule has 0 amide bonds. The zero-order valence-electron chi connectivity index (χ0n) is 11.0. The summed E-state index contributed by atoms with van der Waals surface area (Å²) in [5.74, 6) is 1.25. The minimum absolute atomic E-state index is 0.301. The van der Waals surface area contributed by atoms with Crippen LogP contribution in [0.1, 0.15) is 47.0 Å². The monoisotopic (exact) mass is 220 g/mol. The number of carbonyl (C=O) groups excluding carboxylic acids is 1. The van der Waals surface area contributed by atoms with E-state index in [1.807, 2.05) is 6.92 Å². The van der Waals surface area contributed by atoms with Crippen molar-refractivity contribution in [3.63, 3.8) is 0 Å². The van der Waals surface area contributed by atoms with Gasteiger partial charge in [0.2, 0.25) is 0 Å². The first kappa shape index (κ1) is 13.2. The maximum atomic E-state index is 10.6. The zero-order valence-corrected chi connectivity index (χ0v) is 11.0. The summed E-state index contributed by atoms with van der Waals surface area (Å²) < 4.78 is 0. The van der Waals surface area contributed by atoms with Gasteiger partial charge in [-0.1, -0.05) is 39.0 Å². The number of carbonyl (C=O) groups is 1. The highest BCUT2D eigenvalue weighted by Gasteiger charge is 2.38. The van der Waals surface area contributed by atoms with E-state index in [2.05, 4.69) is 33.4 Å². The second-order valence-electron chi connectivity index (χ2n) is 5.77. The quantitative estimate of drug-likeness (QED) is 0.397. The molecule has 0 spiro atoms. The molecule has 0 aromatic heterocycles. The van der Waals surface area contributed by atoms with Crippen LogP contribution in [-0.2, 0) is 4.79 Å². The van der Waals surface area contributed by atoms with Crippen molar-refractivity contribution < 1.29 is 4.79 Å². The van der Waals surface area contributed by atoms with E-state index < -0.39 is 0 Å². The fraction of sp³-hybridized carbons (Fsp3) is 0.667. The van der Waals surface area contributed by atoms with Crippen molar-refractivity contribution in [1.82, 2.24) is 0 Å². The fourth-order valence-electron chi connectivity index (χ4n) is 2.64. The summed E-state index contributed by atoms with van der Waals surface area (Å²) in [5.41, 5.74) is 2.49. The molecule has 1 heteroatoms. The fourth-order valence-corrected chi connectivity index (χ4v) is 2.64. The third kappa shape index (κ3) is 2.63. The number of hydrogen-bond donors (Lipinski definition) is 0. The summed E-state index contributed by atoms with van der Waals surface area (Å²) in [6.07, 6.45) is 6.34. The Kier molecular flexibility index (Phi) is 4.12. The Hall–Kier alpha value is -0.850. The topological polar surface area (TPSA) is 17.1 Å². The summed E-state index contributed by atoms with van der Waals surface area (Å²) in [5, 5.41) is 0. The van der Waals surface area contributed by atoms with E-state index in [0.717, 1.165) is 30.6 Å². The average molecular weight is 220 g/mol. The predicted octanol–water partition coefficient (Wildman–Crippen LogP) is 4.15. The van der Waals surface area contributed by atoms with Gasteiger partial charge in [-0.3, -0.25) is 4.79 Å².